The van der Waals surface area contributed by atoms with E-state index in [0.29, 0.717) is 41.8 Å². The summed E-state index contributed by atoms with van der Waals surface area (Å²) < 4.78 is 27.6. The zero-order chi connectivity index (χ0) is 21.1. The Balaban J connectivity index is 1.37. The van der Waals surface area contributed by atoms with Gasteiger partial charge in [0.2, 0.25) is 10.0 Å². The average molecular weight is 445 g/mol. The molecule has 1 fully saturated rings. The molecule has 1 saturated heterocycles. The van der Waals surface area contributed by atoms with E-state index in [1.165, 1.54) is 4.31 Å². The number of hydrogen-bond acceptors (Lipinski definition) is 3. The number of piperazine rings is 1. The van der Waals surface area contributed by atoms with E-state index < -0.39 is 10.0 Å². The van der Waals surface area contributed by atoms with Gasteiger partial charge in [-0.05, 0) is 35.0 Å². The Bertz CT molecular complexity index is 1170. The lowest BCUT2D eigenvalue weighted by atomic mass is 10.1. The number of fused-ring (bicyclic) bond motifs is 1. The lowest BCUT2D eigenvalue weighted by Crippen LogP contribution is -3.15. The number of para-hydroxylation sites is 1. The van der Waals surface area contributed by atoms with Crippen LogP contribution in [0.5, 0.6) is 0 Å². The summed E-state index contributed by atoms with van der Waals surface area (Å²) in [5.74, 6) is -0.135. The van der Waals surface area contributed by atoms with Gasteiger partial charge in [0, 0.05) is 0 Å². The standard InChI is InChI=1S/C22H22ClN3O3S/c23-20-7-3-4-8-21(20)24-22(27)16-25-11-13-26(14-12-25)30(28,29)19-10-9-17-5-1-2-6-18(17)15-19/h1-10,15H,11-14,16H2,(H,24,27)/p+1. The Morgan fingerprint density at radius 2 is 1.63 bits per heavy atom. The van der Waals surface area contributed by atoms with Crippen molar-refractivity contribution < 1.29 is 18.1 Å². The van der Waals surface area contributed by atoms with Gasteiger partial charge in [0.15, 0.2) is 6.54 Å². The molecule has 4 rings (SSSR count). The predicted octanol–water partition coefficient (Wildman–Crippen LogP) is 2.02. The normalized spacial score (nSPS) is 15.9. The molecule has 0 aliphatic carbocycles. The van der Waals surface area contributed by atoms with E-state index in [9.17, 15) is 13.2 Å². The molecule has 1 aliphatic rings. The van der Waals surface area contributed by atoms with Gasteiger partial charge in [-0.15, -0.1) is 0 Å². The minimum absolute atomic E-state index is 0.135. The van der Waals surface area contributed by atoms with Crippen LogP contribution in [0.1, 0.15) is 0 Å². The molecule has 1 aliphatic heterocycles. The van der Waals surface area contributed by atoms with E-state index in [0.717, 1.165) is 15.7 Å². The van der Waals surface area contributed by atoms with Crippen LogP contribution in [0.2, 0.25) is 5.02 Å². The van der Waals surface area contributed by atoms with Crippen LogP contribution in [0, 0.1) is 0 Å². The second-order valence-corrected chi connectivity index (χ2v) is 9.71. The molecule has 2 N–H and O–H groups in total. The van der Waals surface area contributed by atoms with Gasteiger partial charge < -0.3 is 10.2 Å². The van der Waals surface area contributed by atoms with Gasteiger partial charge >= 0.3 is 0 Å². The molecule has 0 unspecified atom stereocenters. The number of nitrogens with one attached hydrogen (secondary N) is 2. The van der Waals surface area contributed by atoms with Crippen molar-refractivity contribution in [2.45, 2.75) is 4.90 Å². The second kappa shape index (κ2) is 8.73. The average Bonchev–Trinajstić information content (AvgIpc) is 2.75. The summed E-state index contributed by atoms with van der Waals surface area (Å²) in [5, 5.41) is 5.22. The summed E-state index contributed by atoms with van der Waals surface area (Å²) in [6.45, 7) is 2.17. The molecule has 1 heterocycles. The highest BCUT2D eigenvalue weighted by molar-refractivity contribution is 7.89. The zero-order valence-corrected chi connectivity index (χ0v) is 17.9. The Morgan fingerprint density at radius 3 is 2.37 bits per heavy atom. The Morgan fingerprint density at radius 1 is 0.967 bits per heavy atom. The van der Waals surface area contributed by atoms with E-state index in [2.05, 4.69) is 5.32 Å². The molecule has 0 aromatic heterocycles. The summed E-state index contributed by atoms with van der Waals surface area (Å²) in [4.78, 5) is 13.7. The maximum Gasteiger partial charge on any atom is 0.279 e. The third kappa shape index (κ3) is 4.49. The van der Waals surface area contributed by atoms with Crippen LogP contribution in [0.3, 0.4) is 0 Å². The SMILES string of the molecule is O=C(C[NH+]1CCN(S(=O)(=O)c2ccc3ccccc3c2)CC1)Nc1ccccc1Cl. The van der Waals surface area contributed by atoms with E-state index in [4.69, 9.17) is 11.6 Å². The van der Waals surface area contributed by atoms with E-state index in [-0.39, 0.29) is 12.5 Å². The molecule has 3 aromatic carbocycles. The Kier molecular flexibility index (Phi) is 6.06. The van der Waals surface area contributed by atoms with Crippen molar-refractivity contribution in [2.24, 2.45) is 0 Å². The third-order valence-electron chi connectivity index (χ3n) is 5.35. The number of nitrogens with zero attached hydrogens (tertiary/aromatic N) is 1. The van der Waals surface area contributed by atoms with Crippen LogP contribution in [0.25, 0.3) is 10.8 Å². The van der Waals surface area contributed by atoms with Crippen molar-refractivity contribution in [3.63, 3.8) is 0 Å². The van der Waals surface area contributed by atoms with Gasteiger partial charge in [0.25, 0.3) is 5.91 Å². The minimum atomic E-state index is -3.56. The maximum absolute atomic E-state index is 13.1. The first-order valence-electron chi connectivity index (χ1n) is 9.80. The minimum Gasteiger partial charge on any atom is -0.325 e. The number of rotatable bonds is 5. The van der Waals surface area contributed by atoms with Crippen LogP contribution >= 0.6 is 11.6 Å². The number of amides is 1. The van der Waals surface area contributed by atoms with Crippen LogP contribution in [0.15, 0.2) is 71.6 Å². The number of benzene rings is 3. The van der Waals surface area contributed by atoms with E-state index in [1.54, 1.807) is 30.3 Å². The Labute approximate surface area is 181 Å². The van der Waals surface area contributed by atoms with Gasteiger partial charge in [0.05, 0.1) is 41.8 Å². The lowest BCUT2D eigenvalue weighted by Gasteiger charge is -2.31. The highest BCUT2D eigenvalue weighted by Gasteiger charge is 2.31. The number of halogens is 1. The summed E-state index contributed by atoms with van der Waals surface area (Å²) in [6.07, 6.45) is 0. The lowest BCUT2D eigenvalue weighted by molar-refractivity contribution is -0.895. The largest absolute Gasteiger partial charge is 0.325 e. The maximum atomic E-state index is 13.1. The molecule has 6 nitrogen and oxygen atoms in total. The smallest absolute Gasteiger partial charge is 0.279 e. The van der Waals surface area contributed by atoms with Crippen LogP contribution in [-0.2, 0) is 14.8 Å². The molecule has 0 bridgehead atoms. The number of sulfonamides is 1. The molecule has 0 saturated carbocycles. The fraction of sp³-hybridized carbons (Fsp3) is 0.227. The number of carbonyl (C=O) groups excluding carboxylic acids is 1. The first-order valence-corrected chi connectivity index (χ1v) is 11.6. The van der Waals surface area contributed by atoms with Crippen LogP contribution in [-0.4, -0.2) is 51.4 Å². The number of hydrogen-bond donors (Lipinski definition) is 2. The fourth-order valence-corrected chi connectivity index (χ4v) is 5.34. The first-order chi connectivity index (χ1) is 14.4. The molecule has 0 radical (unpaired) electrons. The number of carbonyl (C=O) groups is 1. The number of quaternary nitrogens is 1. The summed E-state index contributed by atoms with van der Waals surface area (Å²) in [6, 6.07) is 20.0. The van der Waals surface area contributed by atoms with Gasteiger partial charge in [-0.1, -0.05) is 54.1 Å². The molecule has 0 spiro atoms. The van der Waals surface area contributed by atoms with Gasteiger partial charge in [-0.3, -0.25) is 4.79 Å². The quantitative estimate of drug-likeness (QED) is 0.632. The molecule has 30 heavy (non-hydrogen) atoms. The van der Waals surface area contributed by atoms with Crippen molar-refractivity contribution >= 4 is 44.0 Å². The molecule has 0 atom stereocenters. The third-order valence-corrected chi connectivity index (χ3v) is 7.57. The zero-order valence-electron chi connectivity index (χ0n) is 16.3. The fourth-order valence-electron chi connectivity index (χ4n) is 3.68. The van der Waals surface area contributed by atoms with E-state index >= 15 is 0 Å². The monoisotopic (exact) mass is 444 g/mol. The topological polar surface area (TPSA) is 70.9 Å². The van der Waals surface area contributed by atoms with Gasteiger partial charge in [-0.2, -0.15) is 4.31 Å². The number of anilines is 1. The van der Waals surface area contributed by atoms with Crippen molar-refractivity contribution in [1.29, 1.82) is 0 Å². The summed E-state index contributed by atoms with van der Waals surface area (Å²) >= 11 is 6.08. The molecule has 1 amide bonds. The summed E-state index contributed by atoms with van der Waals surface area (Å²) in [7, 11) is -3.56. The molecule has 8 heteroatoms. The predicted molar refractivity (Wildman–Crippen MR) is 118 cm³/mol. The van der Waals surface area contributed by atoms with Crippen LogP contribution < -0.4 is 10.2 Å². The molecular formula is C22H23ClN3O3S+. The van der Waals surface area contributed by atoms with Gasteiger partial charge in [-0.25, -0.2) is 8.42 Å². The second-order valence-electron chi connectivity index (χ2n) is 7.37. The first kappa shape index (κ1) is 20.8. The van der Waals surface area contributed by atoms with Crippen molar-refractivity contribution in [1.82, 2.24) is 4.31 Å². The van der Waals surface area contributed by atoms with Crippen LogP contribution in [0.4, 0.5) is 5.69 Å². The van der Waals surface area contributed by atoms with E-state index in [1.807, 2.05) is 36.4 Å². The Hall–Kier alpha value is -2.45. The van der Waals surface area contributed by atoms with Gasteiger partial charge in [0.1, 0.15) is 0 Å². The molecule has 156 valence electrons. The molecular weight excluding hydrogens is 422 g/mol. The summed E-state index contributed by atoms with van der Waals surface area (Å²) in [5.41, 5.74) is 0.584. The van der Waals surface area contributed by atoms with Crippen molar-refractivity contribution in [3.05, 3.63) is 71.8 Å². The highest BCUT2D eigenvalue weighted by Crippen LogP contribution is 2.22. The highest BCUT2D eigenvalue weighted by atomic mass is 35.5. The molecule has 3 aromatic rings. The van der Waals surface area contributed by atoms with Crippen molar-refractivity contribution in [2.75, 3.05) is 38.0 Å². The van der Waals surface area contributed by atoms with Crippen molar-refractivity contribution in [3.8, 4) is 0 Å².